The van der Waals surface area contributed by atoms with E-state index >= 15 is 4.39 Å². The van der Waals surface area contributed by atoms with Crippen molar-refractivity contribution in [3.63, 3.8) is 0 Å². The Balaban J connectivity index is 0.000000644. The van der Waals surface area contributed by atoms with Gasteiger partial charge in [0.1, 0.15) is 23.4 Å². The van der Waals surface area contributed by atoms with Crippen molar-refractivity contribution in [3.05, 3.63) is 83.7 Å². The van der Waals surface area contributed by atoms with Crippen LogP contribution in [-0.2, 0) is 20.7 Å². The first kappa shape index (κ1) is 35.3. The average molecular weight is 663 g/mol. The highest BCUT2D eigenvalue weighted by Gasteiger charge is 2.38. The molecule has 254 valence electrons. The van der Waals surface area contributed by atoms with Gasteiger partial charge < -0.3 is 34.2 Å². The molecule has 0 unspecified atom stereocenters. The predicted molar refractivity (Wildman–Crippen MR) is 167 cm³/mol. The van der Waals surface area contributed by atoms with E-state index in [1.165, 1.54) is 6.07 Å². The van der Waals surface area contributed by atoms with Crippen LogP contribution in [0.25, 0.3) is 0 Å². The number of anilines is 2. The Morgan fingerprint density at radius 1 is 0.915 bits per heavy atom. The fourth-order valence-electron chi connectivity index (χ4n) is 5.95. The second kappa shape index (κ2) is 15.9. The number of piperidine rings is 1. The van der Waals surface area contributed by atoms with Crippen LogP contribution in [0.4, 0.5) is 28.9 Å². The Morgan fingerprint density at radius 3 is 2.11 bits per heavy atom. The summed E-state index contributed by atoms with van der Waals surface area (Å²) in [4.78, 5) is 24.5. The molecule has 2 aliphatic heterocycles. The number of hydrogen-bond donors (Lipinski definition) is 2. The largest absolute Gasteiger partial charge is 0.496 e. The number of carbonyl (C=O) groups is 2. The van der Waals surface area contributed by atoms with Gasteiger partial charge in [0.05, 0.1) is 25.3 Å². The molecule has 3 aromatic rings. The molecule has 0 bridgehead atoms. The standard InChI is InChI=1S/C32H37FN2O5.C2HF3O2/c1-38-27-19-24(20-31(36)37)35(21-27)23-8-10-25(11-9-23)40-26-14-16-34(17-15-26)32-28(18-22-6-4-3-5-7-22)30(39-2)13-12-29(32)33;3-2(4,5)1(6)7/h3-13,24,26-27H,14-21H2,1-2H3,(H,36,37);(H,6,7)/t24-,27-;/m1./s1. The Morgan fingerprint density at radius 2 is 1.55 bits per heavy atom. The molecule has 0 amide bonds. The number of hydrogen-bond acceptors (Lipinski definition) is 7. The molecule has 13 heteroatoms. The highest BCUT2D eigenvalue weighted by molar-refractivity contribution is 5.73. The molecule has 2 N–H and O–H groups in total. The smallest absolute Gasteiger partial charge is 0.490 e. The van der Waals surface area contributed by atoms with Gasteiger partial charge >= 0.3 is 18.1 Å². The molecule has 9 nitrogen and oxygen atoms in total. The number of methoxy groups -OCH3 is 2. The summed E-state index contributed by atoms with van der Waals surface area (Å²) in [7, 11) is 3.30. The van der Waals surface area contributed by atoms with Crippen molar-refractivity contribution in [1.29, 1.82) is 0 Å². The van der Waals surface area contributed by atoms with Crippen molar-refractivity contribution < 1.29 is 51.6 Å². The predicted octanol–water partition coefficient (Wildman–Crippen LogP) is 6.17. The first-order valence-corrected chi connectivity index (χ1v) is 15.1. The maximum atomic E-state index is 15.2. The maximum absolute atomic E-state index is 15.2. The zero-order chi connectivity index (χ0) is 34.1. The first-order chi connectivity index (χ1) is 22.4. The number of alkyl halides is 3. The van der Waals surface area contributed by atoms with Crippen molar-refractivity contribution in [2.75, 3.05) is 43.7 Å². The van der Waals surface area contributed by atoms with Crippen LogP contribution in [0.5, 0.6) is 11.5 Å². The normalized spacial score (nSPS) is 18.3. The fraction of sp³-hybridized carbons (Fsp3) is 0.412. The Hall–Kier alpha value is -4.52. The van der Waals surface area contributed by atoms with E-state index in [-0.39, 0.29) is 30.5 Å². The maximum Gasteiger partial charge on any atom is 0.490 e. The number of benzene rings is 3. The number of carboxylic acids is 2. The van der Waals surface area contributed by atoms with Crippen molar-refractivity contribution in [1.82, 2.24) is 0 Å². The summed E-state index contributed by atoms with van der Waals surface area (Å²) in [6, 6.07) is 21.0. The summed E-state index contributed by atoms with van der Waals surface area (Å²) >= 11 is 0. The molecule has 0 aromatic heterocycles. The molecule has 0 aliphatic carbocycles. The lowest BCUT2D eigenvalue weighted by molar-refractivity contribution is -0.192. The fourth-order valence-corrected chi connectivity index (χ4v) is 5.95. The van der Waals surface area contributed by atoms with Crippen LogP contribution < -0.4 is 19.3 Å². The summed E-state index contributed by atoms with van der Waals surface area (Å²) in [5, 5.41) is 16.4. The van der Waals surface area contributed by atoms with Crippen molar-refractivity contribution in [2.45, 2.75) is 56.5 Å². The number of ether oxygens (including phenoxy) is 3. The summed E-state index contributed by atoms with van der Waals surface area (Å²) < 4.78 is 64.4. The van der Waals surface area contributed by atoms with Crippen molar-refractivity contribution in [3.8, 4) is 11.5 Å². The summed E-state index contributed by atoms with van der Waals surface area (Å²) in [5.41, 5.74) is 3.55. The molecule has 2 saturated heterocycles. The van der Waals surface area contributed by atoms with Crippen LogP contribution in [0, 0.1) is 5.82 Å². The Labute approximate surface area is 270 Å². The van der Waals surface area contributed by atoms with Gasteiger partial charge in [-0.25, -0.2) is 9.18 Å². The number of halogens is 4. The molecular weight excluding hydrogens is 624 g/mol. The van der Waals surface area contributed by atoms with Gasteiger partial charge in [0, 0.05) is 63.3 Å². The quantitative estimate of drug-likeness (QED) is 0.246. The van der Waals surface area contributed by atoms with Crippen LogP contribution in [0.3, 0.4) is 0 Å². The second-order valence-electron chi connectivity index (χ2n) is 11.3. The van der Waals surface area contributed by atoms with Gasteiger partial charge in [-0.05, 0) is 48.4 Å². The molecule has 0 saturated carbocycles. The third kappa shape index (κ3) is 9.50. The Kier molecular flexibility index (Phi) is 11.9. The van der Waals surface area contributed by atoms with E-state index in [9.17, 15) is 23.1 Å². The van der Waals surface area contributed by atoms with Crippen LogP contribution in [0.2, 0.25) is 0 Å². The van der Waals surface area contributed by atoms with E-state index in [1.54, 1.807) is 20.3 Å². The third-order valence-corrected chi connectivity index (χ3v) is 8.23. The monoisotopic (exact) mass is 662 g/mol. The van der Waals surface area contributed by atoms with E-state index in [0.717, 1.165) is 35.4 Å². The average Bonchev–Trinajstić information content (AvgIpc) is 3.45. The van der Waals surface area contributed by atoms with Gasteiger partial charge in [0.25, 0.3) is 0 Å². The number of aliphatic carboxylic acids is 2. The molecule has 2 fully saturated rings. The van der Waals surface area contributed by atoms with Crippen molar-refractivity contribution in [2.24, 2.45) is 0 Å². The molecule has 3 aromatic carbocycles. The molecular formula is C34H38F4N2O7. The van der Waals surface area contributed by atoms with E-state index < -0.39 is 18.1 Å². The Bertz CT molecular complexity index is 1480. The van der Waals surface area contributed by atoms with E-state index in [2.05, 4.69) is 9.80 Å². The van der Waals surface area contributed by atoms with Crippen molar-refractivity contribution >= 4 is 23.3 Å². The molecule has 0 radical (unpaired) electrons. The SMILES string of the molecule is COc1ccc(F)c(N2CCC(Oc3ccc(N4C[C@H](OC)C[C@@H]4CC(=O)O)cc3)CC2)c1Cc1ccccc1.O=C(O)C(F)(F)F. The minimum atomic E-state index is -5.08. The zero-order valence-electron chi connectivity index (χ0n) is 26.1. The lowest BCUT2D eigenvalue weighted by atomic mass is 9.99. The number of rotatable bonds is 10. The summed E-state index contributed by atoms with van der Waals surface area (Å²) in [6.07, 6.45) is -2.13. The van der Waals surface area contributed by atoms with Crippen LogP contribution >= 0.6 is 0 Å². The zero-order valence-corrected chi connectivity index (χ0v) is 26.1. The van der Waals surface area contributed by atoms with Crippen LogP contribution in [0.15, 0.2) is 66.7 Å². The lowest BCUT2D eigenvalue weighted by Gasteiger charge is -2.35. The van der Waals surface area contributed by atoms with Gasteiger partial charge in [0.15, 0.2) is 0 Å². The molecule has 5 rings (SSSR count). The van der Waals surface area contributed by atoms with Gasteiger partial charge in [0.2, 0.25) is 0 Å². The minimum absolute atomic E-state index is 0.0214. The topological polar surface area (TPSA) is 109 Å². The highest BCUT2D eigenvalue weighted by atomic mass is 19.4. The van der Waals surface area contributed by atoms with Gasteiger partial charge in [-0.1, -0.05) is 30.3 Å². The van der Waals surface area contributed by atoms with Gasteiger partial charge in [-0.2, -0.15) is 13.2 Å². The van der Waals surface area contributed by atoms with E-state index in [0.29, 0.717) is 43.9 Å². The number of carboxylic acid groups (broad SMARTS) is 2. The summed E-state index contributed by atoms with van der Waals surface area (Å²) in [6.45, 7) is 2.02. The van der Waals surface area contributed by atoms with E-state index in [4.69, 9.17) is 24.1 Å². The second-order valence-corrected chi connectivity index (χ2v) is 11.3. The van der Waals surface area contributed by atoms with Gasteiger partial charge in [-0.3, -0.25) is 4.79 Å². The molecule has 0 spiro atoms. The molecule has 2 aliphatic rings. The summed E-state index contributed by atoms with van der Waals surface area (Å²) in [5.74, 6) is -2.33. The van der Waals surface area contributed by atoms with Crippen LogP contribution in [-0.4, -0.2) is 80.4 Å². The first-order valence-electron chi connectivity index (χ1n) is 15.1. The third-order valence-electron chi connectivity index (χ3n) is 8.23. The van der Waals surface area contributed by atoms with Crippen LogP contribution in [0.1, 0.15) is 36.8 Å². The minimum Gasteiger partial charge on any atom is -0.496 e. The van der Waals surface area contributed by atoms with Gasteiger partial charge in [-0.15, -0.1) is 0 Å². The molecule has 47 heavy (non-hydrogen) atoms. The number of nitrogens with zero attached hydrogens (tertiary/aromatic N) is 2. The molecule has 2 atom stereocenters. The van der Waals surface area contributed by atoms with E-state index in [1.807, 2.05) is 54.6 Å². The highest BCUT2D eigenvalue weighted by Crippen LogP contribution is 2.36. The lowest BCUT2D eigenvalue weighted by Crippen LogP contribution is -2.39. The molecule has 2 heterocycles.